The highest BCUT2D eigenvalue weighted by Crippen LogP contribution is 2.15. The van der Waals surface area contributed by atoms with Gasteiger partial charge in [0.05, 0.1) is 12.6 Å². The van der Waals surface area contributed by atoms with Crippen LogP contribution in [-0.2, 0) is 4.79 Å². The van der Waals surface area contributed by atoms with Gasteiger partial charge in [-0.2, -0.15) is 0 Å². The summed E-state index contributed by atoms with van der Waals surface area (Å²) in [6.07, 6.45) is 0. The third-order valence-corrected chi connectivity index (χ3v) is 3.10. The van der Waals surface area contributed by atoms with Crippen LogP contribution in [0, 0.1) is 5.92 Å². The van der Waals surface area contributed by atoms with Crippen molar-refractivity contribution in [2.75, 3.05) is 11.9 Å². The summed E-state index contributed by atoms with van der Waals surface area (Å²) in [7, 11) is 0. The Kier molecular flexibility index (Phi) is 5.24. The number of aliphatic hydroxyl groups is 1. The van der Waals surface area contributed by atoms with Crippen molar-refractivity contribution in [1.29, 1.82) is 0 Å². The molecule has 100 valence electrons. The average molecular weight is 271 g/mol. The minimum Gasteiger partial charge on any atom is -0.394 e. The van der Waals surface area contributed by atoms with Crippen molar-refractivity contribution < 1.29 is 14.7 Å². The SMILES string of the molecule is CC(=O)Nc1nc(C(=O)NC(CO)C(C)C)cs1. The number of aliphatic hydroxyl groups excluding tert-OH is 1. The summed E-state index contributed by atoms with van der Waals surface area (Å²) in [5, 5.41) is 16.3. The van der Waals surface area contributed by atoms with Gasteiger partial charge in [-0.15, -0.1) is 11.3 Å². The smallest absolute Gasteiger partial charge is 0.271 e. The van der Waals surface area contributed by atoms with Crippen LogP contribution < -0.4 is 10.6 Å². The zero-order valence-corrected chi connectivity index (χ0v) is 11.4. The Morgan fingerprint density at radius 3 is 2.67 bits per heavy atom. The summed E-state index contributed by atoms with van der Waals surface area (Å²) in [4.78, 5) is 26.6. The third kappa shape index (κ3) is 4.08. The van der Waals surface area contributed by atoms with Crippen molar-refractivity contribution >= 4 is 28.3 Å². The standard InChI is InChI=1S/C11H17N3O3S/c1-6(2)8(4-15)13-10(17)9-5-18-11(14-9)12-7(3)16/h5-6,8,15H,4H2,1-3H3,(H,13,17)(H,12,14,16). The summed E-state index contributed by atoms with van der Waals surface area (Å²) < 4.78 is 0. The van der Waals surface area contributed by atoms with E-state index >= 15 is 0 Å². The first-order valence-corrected chi connectivity index (χ1v) is 6.46. The molecular weight excluding hydrogens is 254 g/mol. The fraction of sp³-hybridized carbons (Fsp3) is 0.545. The normalized spacial score (nSPS) is 12.3. The monoisotopic (exact) mass is 271 g/mol. The van der Waals surface area contributed by atoms with E-state index in [9.17, 15) is 9.59 Å². The molecule has 1 rings (SSSR count). The summed E-state index contributed by atoms with van der Waals surface area (Å²) in [5.74, 6) is -0.449. The number of thiazole rings is 1. The molecule has 1 heterocycles. The molecule has 0 bridgehead atoms. The Hall–Kier alpha value is -1.47. The maximum absolute atomic E-state index is 11.8. The maximum atomic E-state index is 11.8. The number of nitrogens with zero attached hydrogens (tertiary/aromatic N) is 1. The molecule has 0 radical (unpaired) electrons. The fourth-order valence-corrected chi connectivity index (χ4v) is 1.99. The molecule has 6 nitrogen and oxygen atoms in total. The molecule has 2 amide bonds. The van der Waals surface area contributed by atoms with Crippen LogP contribution in [-0.4, -0.2) is 34.6 Å². The molecule has 0 saturated heterocycles. The summed E-state index contributed by atoms with van der Waals surface area (Å²) >= 11 is 1.18. The lowest BCUT2D eigenvalue weighted by Gasteiger charge is -2.19. The van der Waals surface area contributed by atoms with E-state index in [0.717, 1.165) is 0 Å². The first kappa shape index (κ1) is 14.6. The van der Waals surface area contributed by atoms with Gasteiger partial charge >= 0.3 is 0 Å². The van der Waals surface area contributed by atoms with E-state index in [-0.39, 0.29) is 36.1 Å². The van der Waals surface area contributed by atoms with Gasteiger partial charge in [0, 0.05) is 12.3 Å². The largest absolute Gasteiger partial charge is 0.394 e. The van der Waals surface area contributed by atoms with E-state index in [4.69, 9.17) is 5.11 Å². The molecule has 0 aliphatic carbocycles. The number of hydrogen-bond donors (Lipinski definition) is 3. The predicted molar refractivity (Wildman–Crippen MR) is 69.6 cm³/mol. The molecule has 0 saturated carbocycles. The molecule has 0 spiro atoms. The summed E-state index contributed by atoms with van der Waals surface area (Å²) in [6, 6.07) is -0.302. The number of amides is 2. The zero-order chi connectivity index (χ0) is 13.7. The van der Waals surface area contributed by atoms with E-state index in [1.807, 2.05) is 13.8 Å². The number of carbonyl (C=O) groups excluding carboxylic acids is 2. The van der Waals surface area contributed by atoms with Crippen LogP contribution in [0.25, 0.3) is 0 Å². The third-order valence-electron chi connectivity index (χ3n) is 2.34. The van der Waals surface area contributed by atoms with Crippen LogP contribution in [0.3, 0.4) is 0 Å². The van der Waals surface area contributed by atoms with E-state index in [2.05, 4.69) is 15.6 Å². The van der Waals surface area contributed by atoms with E-state index in [0.29, 0.717) is 5.13 Å². The molecule has 7 heteroatoms. The Bertz CT molecular complexity index is 431. The average Bonchev–Trinajstić information content (AvgIpc) is 2.72. The molecular formula is C11H17N3O3S. The van der Waals surface area contributed by atoms with Gasteiger partial charge in [0.1, 0.15) is 5.69 Å². The number of nitrogens with one attached hydrogen (secondary N) is 2. The van der Waals surface area contributed by atoms with Gasteiger partial charge in [0.25, 0.3) is 5.91 Å². The predicted octanol–water partition coefficient (Wildman–Crippen LogP) is 0.848. The molecule has 0 fully saturated rings. The van der Waals surface area contributed by atoms with Crippen LogP contribution in [0.5, 0.6) is 0 Å². The number of hydrogen-bond acceptors (Lipinski definition) is 5. The number of aromatic nitrogens is 1. The van der Waals surface area contributed by atoms with Gasteiger partial charge in [0.2, 0.25) is 5.91 Å². The molecule has 3 N–H and O–H groups in total. The van der Waals surface area contributed by atoms with Crippen LogP contribution in [0.1, 0.15) is 31.3 Å². The molecule has 1 unspecified atom stereocenters. The van der Waals surface area contributed by atoms with Gasteiger partial charge in [-0.25, -0.2) is 4.98 Å². The highest BCUT2D eigenvalue weighted by molar-refractivity contribution is 7.14. The van der Waals surface area contributed by atoms with Gasteiger partial charge in [-0.3, -0.25) is 9.59 Å². The summed E-state index contributed by atoms with van der Waals surface area (Å²) in [6.45, 7) is 5.07. The van der Waals surface area contributed by atoms with Crippen molar-refractivity contribution in [2.24, 2.45) is 5.92 Å². The van der Waals surface area contributed by atoms with Crippen LogP contribution >= 0.6 is 11.3 Å². The van der Waals surface area contributed by atoms with Crippen molar-refractivity contribution in [3.05, 3.63) is 11.1 Å². The topological polar surface area (TPSA) is 91.3 Å². The van der Waals surface area contributed by atoms with Gasteiger partial charge < -0.3 is 15.7 Å². The van der Waals surface area contributed by atoms with E-state index in [1.54, 1.807) is 5.38 Å². The quantitative estimate of drug-likeness (QED) is 0.740. The van der Waals surface area contributed by atoms with Gasteiger partial charge in [-0.05, 0) is 5.92 Å². The highest BCUT2D eigenvalue weighted by Gasteiger charge is 2.18. The van der Waals surface area contributed by atoms with Crippen LogP contribution in [0.4, 0.5) is 5.13 Å². The van der Waals surface area contributed by atoms with Crippen molar-refractivity contribution in [2.45, 2.75) is 26.8 Å². The second-order valence-electron chi connectivity index (χ2n) is 4.23. The number of anilines is 1. The maximum Gasteiger partial charge on any atom is 0.271 e. The van der Waals surface area contributed by atoms with E-state index in [1.165, 1.54) is 18.3 Å². The second kappa shape index (κ2) is 6.46. The minimum atomic E-state index is -0.351. The minimum absolute atomic E-state index is 0.119. The summed E-state index contributed by atoms with van der Waals surface area (Å²) in [5.41, 5.74) is 0.239. The molecule has 1 aromatic heterocycles. The Morgan fingerprint density at radius 1 is 1.50 bits per heavy atom. The Balaban J connectivity index is 2.66. The Labute approximate surface area is 109 Å². The molecule has 0 aromatic carbocycles. The zero-order valence-electron chi connectivity index (χ0n) is 10.6. The van der Waals surface area contributed by atoms with Gasteiger partial charge in [-0.1, -0.05) is 13.8 Å². The van der Waals surface area contributed by atoms with Crippen molar-refractivity contribution in [1.82, 2.24) is 10.3 Å². The highest BCUT2D eigenvalue weighted by atomic mass is 32.1. The van der Waals surface area contributed by atoms with Crippen LogP contribution in [0.2, 0.25) is 0 Å². The van der Waals surface area contributed by atoms with E-state index < -0.39 is 0 Å². The molecule has 18 heavy (non-hydrogen) atoms. The van der Waals surface area contributed by atoms with Crippen molar-refractivity contribution in [3.63, 3.8) is 0 Å². The first-order valence-electron chi connectivity index (χ1n) is 5.59. The molecule has 0 aliphatic heterocycles. The molecule has 0 aliphatic rings. The van der Waals surface area contributed by atoms with Crippen molar-refractivity contribution in [3.8, 4) is 0 Å². The molecule has 1 aromatic rings. The van der Waals surface area contributed by atoms with Gasteiger partial charge in [0.15, 0.2) is 5.13 Å². The second-order valence-corrected chi connectivity index (χ2v) is 5.08. The van der Waals surface area contributed by atoms with Crippen LogP contribution in [0.15, 0.2) is 5.38 Å². The Morgan fingerprint density at radius 2 is 2.17 bits per heavy atom. The lowest BCUT2D eigenvalue weighted by atomic mass is 10.1. The first-order chi connectivity index (χ1) is 8.43. The number of carbonyl (C=O) groups is 2. The molecule has 1 atom stereocenters. The number of rotatable bonds is 5. The lowest BCUT2D eigenvalue weighted by Crippen LogP contribution is -2.41. The lowest BCUT2D eigenvalue weighted by molar-refractivity contribution is -0.114. The fourth-order valence-electron chi connectivity index (χ4n) is 1.25.